The lowest BCUT2D eigenvalue weighted by atomic mass is 9.89. The van der Waals surface area contributed by atoms with Crippen molar-refractivity contribution in [2.45, 2.75) is 39.3 Å². The molecule has 2 aromatic rings. The van der Waals surface area contributed by atoms with Gasteiger partial charge in [0, 0.05) is 4.88 Å². The van der Waals surface area contributed by atoms with Crippen molar-refractivity contribution < 1.29 is 9.53 Å². The van der Waals surface area contributed by atoms with Gasteiger partial charge in [-0.1, -0.05) is 6.92 Å². The third-order valence-electron chi connectivity index (χ3n) is 4.47. The SMILES string of the molecule is COC(=O)Cn1c(CN(C)C)nc2sc3c(c2c1=O)CCC(C)C3. The van der Waals surface area contributed by atoms with Crippen LogP contribution in [0.4, 0.5) is 0 Å². The molecule has 0 N–H and O–H groups in total. The molecule has 0 amide bonds. The molecular weight excluding hydrogens is 326 g/mol. The van der Waals surface area contributed by atoms with Crippen LogP contribution in [0.15, 0.2) is 4.79 Å². The summed E-state index contributed by atoms with van der Waals surface area (Å²) in [5, 5.41) is 0.702. The number of nitrogens with zero attached hydrogens (tertiary/aromatic N) is 3. The van der Waals surface area contributed by atoms with Crippen molar-refractivity contribution in [3.05, 3.63) is 26.6 Å². The first-order chi connectivity index (χ1) is 11.4. The summed E-state index contributed by atoms with van der Waals surface area (Å²) in [5.74, 6) is 0.814. The maximum Gasteiger partial charge on any atom is 0.325 e. The van der Waals surface area contributed by atoms with Gasteiger partial charge in [0.15, 0.2) is 0 Å². The second kappa shape index (κ2) is 6.64. The van der Waals surface area contributed by atoms with Gasteiger partial charge in [0.1, 0.15) is 17.2 Å². The summed E-state index contributed by atoms with van der Waals surface area (Å²) in [4.78, 5) is 33.6. The van der Waals surface area contributed by atoms with E-state index in [-0.39, 0.29) is 12.1 Å². The number of carbonyl (C=O) groups is 1. The molecule has 0 spiro atoms. The highest BCUT2D eigenvalue weighted by Crippen LogP contribution is 2.35. The van der Waals surface area contributed by atoms with Crippen LogP contribution in [-0.4, -0.2) is 41.6 Å². The van der Waals surface area contributed by atoms with E-state index in [1.54, 1.807) is 11.3 Å². The van der Waals surface area contributed by atoms with Gasteiger partial charge in [-0.3, -0.25) is 14.2 Å². The Morgan fingerprint density at radius 3 is 2.88 bits per heavy atom. The average molecular weight is 349 g/mol. The quantitative estimate of drug-likeness (QED) is 0.788. The number of esters is 1. The largest absolute Gasteiger partial charge is 0.468 e. The van der Waals surface area contributed by atoms with Gasteiger partial charge in [0.25, 0.3) is 5.56 Å². The zero-order valence-corrected chi connectivity index (χ0v) is 15.4. The van der Waals surface area contributed by atoms with E-state index in [4.69, 9.17) is 9.72 Å². The molecule has 0 radical (unpaired) electrons. The van der Waals surface area contributed by atoms with Crippen LogP contribution in [0, 0.1) is 5.92 Å². The van der Waals surface area contributed by atoms with E-state index in [0.29, 0.717) is 23.7 Å². The highest BCUT2D eigenvalue weighted by molar-refractivity contribution is 7.18. The Morgan fingerprint density at radius 2 is 2.21 bits per heavy atom. The van der Waals surface area contributed by atoms with Crippen LogP contribution >= 0.6 is 11.3 Å². The lowest BCUT2D eigenvalue weighted by Gasteiger charge is -2.18. The van der Waals surface area contributed by atoms with Gasteiger partial charge in [0.05, 0.1) is 19.0 Å². The molecule has 7 heteroatoms. The van der Waals surface area contributed by atoms with Gasteiger partial charge in [0.2, 0.25) is 0 Å². The van der Waals surface area contributed by atoms with E-state index in [2.05, 4.69) is 6.92 Å². The van der Waals surface area contributed by atoms with E-state index in [1.165, 1.54) is 16.6 Å². The predicted octanol–water partition coefficient (Wildman–Crippen LogP) is 1.82. The molecule has 3 rings (SSSR count). The average Bonchev–Trinajstić information content (AvgIpc) is 2.87. The zero-order chi connectivity index (χ0) is 17.4. The van der Waals surface area contributed by atoms with Crippen molar-refractivity contribution in [2.24, 2.45) is 5.92 Å². The predicted molar refractivity (Wildman–Crippen MR) is 94.5 cm³/mol. The number of fused-ring (bicyclic) bond motifs is 3. The van der Waals surface area contributed by atoms with Gasteiger partial charge >= 0.3 is 5.97 Å². The van der Waals surface area contributed by atoms with Crippen LogP contribution in [0.2, 0.25) is 0 Å². The Bertz CT molecular complexity index is 838. The number of aromatic nitrogens is 2. The van der Waals surface area contributed by atoms with Crippen LogP contribution in [-0.2, 0) is 35.5 Å². The Labute approximate surface area is 145 Å². The molecule has 2 aromatic heterocycles. The maximum absolute atomic E-state index is 13.1. The molecule has 0 bridgehead atoms. The lowest BCUT2D eigenvalue weighted by Crippen LogP contribution is -2.31. The van der Waals surface area contributed by atoms with Crippen LogP contribution in [0.25, 0.3) is 10.2 Å². The molecule has 130 valence electrons. The van der Waals surface area contributed by atoms with E-state index in [9.17, 15) is 9.59 Å². The van der Waals surface area contributed by atoms with Crippen molar-refractivity contribution in [2.75, 3.05) is 21.2 Å². The summed E-state index contributed by atoms with van der Waals surface area (Å²) in [6.07, 6.45) is 3.02. The van der Waals surface area contributed by atoms with Crippen molar-refractivity contribution in [3.63, 3.8) is 0 Å². The van der Waals surface area contributed by atoms with Crippen LogP contribution < -0.4 is 5.56 Å². The first-order valence-corrected chi connectivity index (χ1v) is 8.97. The first kappa shape index (κ1) is 17.1. The van der Waals surface area contributed by atoms with Gasteiger partial charge < -0.3 is 9.64 Å². The number of ether oxygens (including phenoxy) is 1. The smallest absolute Gasteiger partial charge is 0.325 e. The number of carbonyl (C=O) groups excluding carboxylic acids is 1. The first-order valence-electron chi connectivity index (χ1n) is 8.16. The van der Waals surface area contributed by atoms with Gasteiger partial charge in [-0.25, -0.2) is 4.98 Å². The summed E-state index contributed by atoms with van der Waals surface area (Å²) in [6.45, 7) is 2.65. The fourth-order valence-electron chi connectivity index (χ4n) is 3.23. The summed E-state index contributed by atoms with van der Waals surface area (Å²) in [5.41, 5.74) is 1.02. The number of hydrogen-bond donors (Lipinski definition) is 0. The number of methoxy groups -OCH3 is 1. The molecule has 0 aliphatic heterocycles. The summed E-state index contributed by atoms with van der Waals surface area (Å²) < 4.78 is 6.22. The number of thiophene rings is 1. The number of rotatable bonds is 4. The molecule has 0 fully saturated rings. The Balaban J connectivity index is 2.20. The third-order valence-corrected chi connectivity index (χ3v) is 5.62. The number of hydrogen-bond acceptors (Lipinski definition) is 6. The minimum Gasteiger partial charge on any atom is -0.468 e. The molecular formula is C17H23N3O3S. The molecule has 0 aromatic carbocycles. The Morgan fingerprint density at radius 1 is 1.46 bits per heavy atom. The van der Waals surface area contributed by atoms with Crippen LogP contribution in [0.1, 0.15) is 29.6 Å². The van der Waals surface area contributed by atoms with Gasteiger partial charge in [-0.15, -0.1) is 11.3 Å². The van der Waals surface area contributed by atoms with E-state index < -0.39 is 5.97 Å². The standard InChI is InChI=1S/C17H23N3O3S/c1-10-5-6-11-12(7-10)24-16-15(11)17(22)20(9-14(21)23-4)13(18-16)8-19(2)3/h10H,5-9H2,1-4H3. The fourth-order valence-corrected chi connectivity index (χ4v) is 4.62. The van der Waals surface area contributed by atoms with Crippen molar-refractivity contribution in [3.8, 4) is 0 Å². The summed E-state index contributed by atoms with van der Waals surface area (Å²) in [7, 11) is 5.17. The molecule has 6 nitrogen and oxygen atoms in total. The van der Waals surface area contributed by atoms with Gasteiger partial charge in [-0.2, -0.15) is 0 Å². The van der Waals surface area contributed by atoms with E-state index in [0.717, 1.165) is 29.7 Å². The van der Waals surface area contributed by atoms with Crippen molar-refractivity contribution in [1.82, 2.24) is 14.5 Å². The highest BCUT2D eigenvalue weighted by atomic mass is 32.1. The molecule has 2 heterocycles. The number of aryl methyl sites for hydroxylation is 1. The second-order valence-electron chi connectivity index (χ2n) is 6.77. The molecule has 0 saturated heterocycles. The Kier molecular flexibility index (Phi) is 4.73. The Hall–Kier alpha value is -1.73. The molecule has 24 heavy (non-hydrogen) atoms. The second-order valence-corrected chi connectivity index (χ2v) is 7.85. The highest BCUT2D eigenvalue weighted by Gasteiger charge is 2.25. The molecule has 0 saturated carbocycles. The van der Waals surface area contributed by atoms with Crippen LogP contribution in [0.5, 0.6) is 0 Å². The summed E-state index contributed by atoms with van der Waals surface area (Å²) >= 11 is 1.63. The molecule has 1 aliphatic rings. The van der Waals surface area contributed by atoms with E-state index >= 15 is 0 Å². The van der Waals surface area contributed by atoms with Crippen molar-refractivity contribution in [1.29, 1.82) is 0 Å². The fraction of sp³-hybridized carbons (Fsp3) is 0.588. The monoisotopic (exact) mass is 349 g/mol. The molecule has 1 atom stereocenters. The normalized spacial score (nSPS) is 17.3. The van der Waals surface area contributed by atoms with Crippen molar-refractivity contribution >= 4 is 27.5 Å². The van der Waals surface area contributed by atoms with Crippen LogP contribution in [0.3, 0.4) is 0 Å². The maximum atomic E-state index is 13.1. The minimum absolute atomic E-state index is 0.0948. The lowest BCUT2D eigenvalue weighted by molar-refractivity contribution is -0.141. The van der Waals surface area contributed by atoms with Gasteiger partial charge in [-0.05, 0) is 44.8 Å². The molecule has 1 unspecified atom stereocenters. The van der Waals surface area contributed by atoms with E-state index in [1.807, 2.05) is 19.0 Å². The molecule has 1 aliphatic carbocycles. The topological polar surface area (TPSA) is 64.4 Å². The zero-order valence-electron chi connectivity index (χ0n) is 14.6. The summed E-state index contributed by atoms with van der Waals surface area (Å²) in [6, 6.07) is 0. The third kappa shape index (κ3) is 3.10. The minimum atomic E-state index is -0.434.